The smallest absolute Gasteiger partial charge is 0.344 e. The number of hydrogen-bond donors (Lipinski definition) is 1. The van der Waals surface area contributed by atoms with Crippen LogP contribution in [-0.2, 0) is 14.3 Å². The summed E-state index contributed by atoms with van der Waals surface area (Å²) in [4.78, 5) is 27.9. The molecule has 2 aromatic rings. The monoisotopic (exact) mass is 396 g/mol. The van der Waals surface area contributed by atoms with Crippen LogP contribution in [0.5, 0.6) is 5.75 Å². The van der Waals surface area contributed by atoms with E-state index in [1.807, 2.05) is 32.0 Å². The Balaban J connectivity index is 1.86. The Morgan fingerprint density at radius 1 is 1.15 bits per heavy atom. The maximum absolute atomic E-state index is 12.1. The molecule has 0 aliphatic carbocycles. The zero-order valence-electron chi connectivity index (χ0n) is 14.5. The zero-order valence-corrected chi connectivity index (χ0v) is 16.0. The van der Waals surface area contributed by atoms with Gasteiger partial charge in [-0.25, -0.2) is 9.78 Å². The number of aromatic nitrogens is 1. The van der Waals surface area contributed by atoms with E-state index in [0.29, 0.717) is 10.8 Å². The van der Waals surface area contributed by atoms with Gasteiger partial charge in [-0.05, 0) is 50.1 Å². The van der Waals surface area contributed by atoms with Crippen molar-refractivity contribution in [3.63, 3.8) is 0 Å². The predicted octanol–water partition coefficient (Wildman–Crippen LogP) is 3.95. The van der Waals surface area contributed by atoms with Crippen LogP contribution in [0.2, 0.25) is 10.0 Å². The molecule has 0 aliphatic rings. The summed E-state index contributed by atoms with van der Waals surface area (Å²) in [7, 11) is 0. The molecule has 0 bridgehead atoms. The van der Waals surface area contributed by atoms with Crippen molar-refractivity contribution in [3.05, 3.63) is 51.6 Å². The minimum Gasteiger partial charge on any atom is -0.482 e. The molecule has 0 unspecified atom stereocenters. The number of aryl methyl sites for hydroxylation is 2. The zero-order chi connectivity index (χ0) is 19.3. The van der Waals surface area contributed by atoms with Gasteiger partial charge < -0.3 is 14.8 Å². The third kappa shape index (κ3) is 5.89. The largest absolute Gasteiger partial charge is 0.482 e. The molecule has 0 saturated heterocycles. The molecule has 0 aliphatic heterocycles. The van der Waals surface area contributed by atoms with Crippen molar-refractivity contribution in [2.75, 3.05) is 11.9 Å². The van der Waals surface area contributed by atoms with Gasteiger partial charge >= 0.3 is 5.97 Å². The van der Waals surface area contributed by atoms with Crippen LogP contribution in [0, 0.1) is 13.8 Å². The molecule has 2 rings (SSSR count). The highest BCUT2D eigenvalue weighted by atomic mass is 35.5. The van der Waals surface area contributed by atoms with Crippen molar-refractivity contribution < 1.29 is 19.1 Å². The van der Waals surface area contributed by atoms with Crippen molar-refractivity contribution in [3.8, 4) is 5.75 Å². The molecule has 1 aromatic heterocycles. The van der Waals surface area contributed by atoms with Crippen molar-refractivity contribution in [1.82, 2.24) is 4.98 Å². The predicted molar refractivity (Wildman–Crippen MR) is 99.9 cm³/mol. The second kappa shape index (κ2) is 8.87. The molecule has 1 atom stereocenters. The Kier molecular flexibility index (Phi) is 6.83. The van der Waals surface area contributed by atoms with E-state index in [-0.39, 0.29) is 17.4 Å². The lowest BCUT2D eigenvalue weighted by Crippen LogP contribution is -2.32. The van der Waals surface area contributed by atoms with Gasteiger partial charge in [0.15, 0.2) is 18.5 Å². The summed E-state index contributed by atoms with van der Waals surface area (Å²) in [5.41, 5.74) is 2.04. The van der Waals surface area contributed by atoms with E-state index in [1.165, 1.54) is 19.2 Å². The van der Waals surface area contributed by atoms with Crippen LogP contribution in [0.4, 0.5) is 5.82 Å². The SMILES string of the molecule is Cc1cc(C)cc(OCC(=O)O[C@@H](C)C(=O)Nc2ncc(Cl)cc2Cl)c1. The maximum atomic E-state index is 12.1. The van der Waals surface area contributed by atoms with E-state index >= 15 is 0 Å². The molecular weight excluding hydrogens is 379 g/mol. The topological polar surface area (TPSA) is 77.5 Å². The van der Waals surface area contributed by atoms with Crippen LogP contribution in [0.15, 0.2) is 30.5 Å². The number of amides is 1. The van der Waals surface area contributed by atoms with Crippen molar-refractivity contribution in [1.29, 1.82) is 0 Å². The third-order valence-corrected chi connectivity index (χ3v) is 3.77. The highest BCUT2D eigenvalue weighted by Gasteiger charge is 2.19. The Hall–Kier alpha value is -2.31. The summed E-state index contributed by atoms with van der Waals surface area (Å²) in [6.45, 7) is 5.00. The number of nitrogens with zero attached hydrogens (tertiary/aromatic N) is 1. The Bertz CT molecular complexity index is 807. The normalized spacial score (nSPS) is 11.6. The Morgan fingerprint density at radius 3 is 2.42 bits per heavy atom. The first kappa shape index (κ1) is 20.0. The molecule has 1 N–H and O–H groups in total. The molecule has 6 nitrogen and oxygen atoms in total. The van der Waals surface area contributed by atoms with Crippen LogP contribution in [0.1, 0.15) is 18.1 Å². The lowest BCUT2D eigenvalue weighted by atomic mass is 10.1. The van der Waals surface area contributed by atoms with E-state index in [1.54, 1.807) is 0 Å². The van der Waals surface area contributed by atoms with E-state index in [9.17, 15) is 9.59 Å². The van der Waals surface area contributed by atoms with Crippen LogP contribution < -0.4 is 10.1 Å². The highest BCUT2D eigenvalue weighted by molar-refractivity contribution is 6.36. The molecule has 0 fully saturated rings. The molecule has 138 valence electrons. The number of pyridine rings is 1. The molecule has 0 radical (unpaired) electrons. The fourth-order valence-corrected chi connectivity index (χ4v) is 2.60. The number of carbonyl (C=O) groups excluding carboxylic acids is 2. The number of esters is 1. The van der Waals surface area contributed by atoms with Gasteiger partial charge in [-0.15, -0.1) is 0 Å². The first-order chi connectivity index (χ1) is 12.2. The second-order valence-electron chi connectivity index (χ2n) is 5.72. The number of halogens is 2. The van der Waals surface area contributed by atoms with Gasteiger partial charge in [-0.3, -0.25) is 4.79 Å². The fourth-order valence-electron chi connectivity index (χ4n) is 2.17. The lowest BCUT2D eigenvalue weighted by molar-refractivity contribution is -0.155. The standard InChI is InChI=1S/C18H18Cl2N2O4/c1-10-4-11(2)6-14(5-10)25-9-16(23)26-12(3)18(24)22-17-15(20)7-13(19)8-21-17/h4-8,12H,9H2,1-3H3,(H,21,22,24)/t12-/m0/s1. The summed E-state index contributed by atoms with van der Waals surface area (Å²) in [6, 6.07) is 7.06. The minimum atomic E-state index is -1.04. The van der Waals surface area contributed by atoms with E-state index < -0.39 is 18.0 Å². The van der Waals surface area contributed by atoms with E-state index in [4.69, 9.17) is 32.7 Å². The van der Waals surface area contributed by atoms with Gasteiger partial charge in [-0.2, -0.15) is 0 Å². The minimum absolute atomic E-state index is 0.135. The summed E-state index contributed by atoms with van der Waals surface area (Å²) in [5, 5.41) is 3.00. The van der Waals surface area contributed by atoms with Gasteiger partial charge in [0.1, 0.15) is 5.75 Å². The quantitative estimate of drug-likeness (QED) is 0.747. The van der Waals surface area contributed by atoms with Gasteiger partial charge in [0.2, 0.25) is 0 Å². The van der Waals surface area contributed by atoms with Crippen molar-refractivity contribution in [2.24, 2.45) is 0 Å². The van der Waals surface area contributed by atoms with E-state index in [2.05, 4.69) is 10.3 Å². The first-order valence-corrected chi connectivity index (χ1v) is 8.52. The van der Waals surface area contributed by atoms with Crippen molar-refractivity contribution in [2.45, 2.75) is 26.9 Å². The molecule has 26 heavy (non-hydrogen) atoms. The molecule has 1 heterocycles. The van der Waals surface area contributed by atoms with Crippen LogP contribution in [-0.4, -0.2) is 29.6 Å². The summed E-state index contributed by atoms with van der Waals surface area (Å²) >= 11 is 11.7. The number of hydrogen-bond acceptors (Lipinski definition) is 5. The number of carbonyl (C=O) groups is 2. The average Bonchev–Trinajstić information content (AvgIpc) is 2.54. The summed E-state index contributed by atoms with van der Waals surface area (Å²) in [5.74, 6) is -0.535. The molecular formula is C18H18Cl2N2O4. The highest BCUT2D eigenvalue weighted by Crippen LogP contribution is 2.22. The van der Waals surface area contributed by atoms with Gasteiger partial charge in [-0.1, -0.05) is 29.3 Å². The number of rotatable bonds is 6. The Morgan fingerprint density at radius 2 is 1.81 bits per heavy atom. The van der Waals surface area contributed by atoms with Crippen LogP contribution >= 0.6 is 23.2 Å². The summed E-state index contributed by atoms with van der Waals surface area (Å²) in [6.07, 6.45) is 0.302. The third-order valence-electron chi connectivity index (χ3n) is 3.28. The number of benzene rings is 1. The van der Waals surface area contributed by atoms with Crippen molar-refractivity contribution >= 4 is 40.9 Å². The fraction of sp³-hybridized carbons (Fsp3) is 0.278. The van der Waals surface area contributed by atoms with Gasteiger partial charge in [0.25, 0.3) is 5.91 Å². The summed E-state index contributed by atoms with van der Waals surface area (Å²) < 4.78 is 10.5. The molecule has 1 aromatic carbocycles. The lowest BCUT2D eigenvalue weighted by Gasteiger charge is -2.14. The average molecular weight is 397 g/mol. The second-order valence-corrected chi connectivity index (χ2v) is 6.56. The van der Waals surface area contributed by atoms with E-state index in [0.717, 1.165) is 11.1 Å². The molecule has 0 spiro atoms. The van der Waals surface area contributed by atoms with Gasteiger partial charge in [0, 0.05) is 6.20 Å². The van der Waals surface area contributed by atoms with Gasteiger partial charge in [0.05, 0.1) is 10.0 Å². The number of ether oxygens (including phenoxy) is 2. The number of anilines is 1. The Labute approximate surface area is 161 Å². The molecule has 8 heteroatoms. The molecule has 0 saturated carbocycles. The maximum Gasteiger partial charge on any atom is 0.344 e. The molecule has 1 amide bonds. The number of nitrogens with one attached hydrogen (secondary N) is 1. The van der Waals surface area contributed by atoms with Crippen LogP contribution in [0.25, 0.3) is 0 Å². The first-order valence-electron chi connectivity index (χ1n) is 7.77. The van der Waals surface area contributed by atoms with Crippen LogP contribution in [0.3, 0.4) is 0 Å².